The number of unbranched alkanes of at least 4 members (excludes halogenated alkanes) is 2. The van der Waals surface area contributed by atoms with E-state index in [0.29, 0.717) is 69.5 Å². The van der Waals surface area contributed by atoms with Crippen LogP contribution in [0.2, 0.25) is 36.3 Å². The van der Waals surface area contributed by atoms with Crippen molar-refractivity contribution in [1.82, 2.24) is 0 Å². The first-order chi connectivity index (χ1) is 55.1. The number of esters is 3. The maximum absolute atomic E-state index is 12.5. The summed E-state index contributed by atoms with van der Waals surface area (Å²) in [6.45, 7) is 42.3. The second-order valence-electron chi connectivity index (χ2n) is 35.2. The van der Waals surface area contributed by atoms with Crippen LogP contribution in [0, 0.1) is 11.8 Å². The maximum atomic E-state index is 12.5. The van der Waals surface area contributed by atoms with Crippen molar-refractivity contribution < 1.29 is 85.2 Å². The molecule has 2 saturated carbocycles. The van der Waals surface area contributed by atoms with Gasteiger partial charge < -0.3 is 46.8 Å². The Labute approximate surface area is 709 Å². The molecule has 21 heteroatoms. The van der Waals surface area contributed by atoms with Gasteiger partial charge in [-0.1, -0.05) is 210 Å². The Kier molecular flexibility index (Phi) is 51.5. The Bertz CT molecular complexity index is 3350. The summed E-state index contributed by atoms with van der Waals surface area (Å²) in [6.07, 6.45) is 31.6. The van der Waals surface area contributed by atoms with E-state index in [1.165, 1.54) is 44.0 Å². The minimum absolute atomic E-state index is 0.0376. The molecule has 0 radical (unpaired) electrons. The molecular weight excluding hydrogens is 1530 g/mol. The largest absolute Gasteiger partial charge is 0.469 e. The van der Waals surface area contributed by atoms with E-state index in [0.717, 1.165) is 135 Å². The van der Waals surface area contributed by atoms with Gasteiger partial charge in [0.2, 0.25) is 5.79 Å². The molecule has 3 aromatic carbocycles. The quantitative estimate of drug-likeness (QED) is 0.00752. The highest BCUT2D eigenvalue weighted by Crippen LogP contribution is 2.45. The molecule has 0 bridgehead atoms. The first-order valence-corrected chi connectivity index (χ1v) is 50.5. The highest BCUT2D eigenvalue weighted by Gasteiger charge is 2.48. The Hall–Kier alpha value is -6.23. The van der Waals surface area contributed by atoms with Gasteiger partial charge in [-0.3, -0.25) is 38.4 Å². The molecule has 2 heterocycles. The Morgan fingerprint density at radius 2 is 0.983 bits per heavy atom. The van der Waals surface area contributed by atoms with Crippen LogP contribution in [-0.4, -0.2) is 132 Å². The number of hydrogen-bond donors (Lipinski definition) is 0. The smallest absolute Gasteiger partial charge is 0.305 e. The van der Waals surface area contributed by atoms with Crippen molar-refractivity contribution in [3.8, 4) is 0 Å². The molecule has 2 aliphatic carbocycles. The molecule has 3 aromatic rings. The van der Waals surface area contributed by atoms with Crippen molar-refractivity contribution in [2.45, 2.75) is 381 Å². The molecule has 117 heavy (non-hydrogen) atoms. The number of Topliss-reactive ketones (excluding diaryl/α,β-unsaturated/α-hetero) is 5. The molecule has 0 unspecified atom stereocenters. The van der Waals surface area contributed by atoms with Crippen LogP contribution in [0.1, 0.15) is 296 Å². The minimum Gasteiger partial charge on any atom is -0.469 e. The van der Waals surface area contributed by atoms with Crippen LogP contribution < -0.4 is 15.9 Å². The predicted molar refractivity (Wildman–Crippen MR) is 479 cm³/mol. The lowest BCUT2D eigenvalue weighted by Crippen LogP contribution is -2.51. The summed E-state index contributed by atoms with van der Waals surface area (Å²) >= 11 is 0. The molecular formula is C96H153O18PSi2. The standard InChI is InChI=1S/C22H38O6.C19H30O5.C18H15P.C15H30O2Si.C13H26O3Si.C9H14O2/c1-5-18-15-20(28-22(27-18)12-8-9-13-22)19(26-17(3)23)11-7-6-10-16(2)14-21(24)25-4;1-14(12-18(21)22-3)8-4-5-9-16(20)17-13-15(2)23-19(24-17)10-6-7-11-19;1-4-10-16(11-5-1)19(17-12-6-2-7-13-17)18-14-8-3-9-15-18;1-8-9-10-11-14(12-13(2)16)17-18(6,7)15(3,4)5;1-11(15)10-12(8-7-9-14)16-17(5,6)13(2,3)4;1-3-4-5-6-9(11)7-8(2)10/h16,18-20H,5-15H2,1-4H3;14,17H,2,4-13H2,1,3H3;1-15H;8-9,14H,10-12H2,1-7H3;9,12H,7-8,10H2,1-6H3;3-4H,5-7H2,1-2H3/b;;;9-8+;;4-3+/t16-,18-,19-,20-;14-,17-;;14-;12-;/m11.11./s1. The fourth-order valence-corrected chi connectivity index (χ4v) is 19.0. The second-order valence-corrected chi connectivity index (χ2v) is 46.9. The maximum Gasteiger partial charge on any atom is 0.305 e. The number of carbonyl (C=O) groups excluding carboxylic acids is 9. The molecule has 18 nitrogen and oxygen atoms in total. The lowest BCUT2D eigenvalue weighted by molar-refractivity contribution is -0.327. The summed E-state index contributed by atoms with van der Waals surface area (Å²) in [7, 11) is -1.24. The van der Waals surface area contributed by atoms with E-state index in [4.69, 9.17) is 37.3 Å². The van der Waals surface area contributed by atoms with Gasteiger partial charge >= 0.3 is 17.9 Å². The van der Waals surface area contributed by atoms with E-state index in [-0.39, 0.29) is 99.8 Å². The first kappa shape index (κ1) is 107. The number of benzene rings is 3. The average molecular weight is 1680 g/mol. The van der Waals surface area contributed by atoms with Gasteiger partial charge in [-0.2, -0.15) is 0 Å². The average Bonchev–Trinajstić information content (AvgIpc) is 1.72. The van der Waals surface area contributed by atoms with E-state index in [2.05, 4.69) is 196 Å². The summed E-state index contributed by atoms with van der Waals surface area (Å²) in [4.78, 5) is 101. The van der Waals surface area contributed by atoms with Crippen LogP contribution in [0.15, 0.2) is 128 Å². The minimum atomic E-state index is -1.85. The highest BCUT2D eigenvalue weighted by atomic mass is 31.1. The van der Waals surface area contributed by atoms with Gasteiger partial charge in [0.1, 0.15) is 47.7 Å². The van der Waals surface area contributed by atoms with Crippen molar-refractivity contribution >= 4 is 93.6 Å². The van der Waals surface area contributed by atoms with Gasteiger partial charge in [0.05, 0.1) is 44.7 Å². The van der Waals surface area contributed by atoms with Crippen molar-refractivity contribution in [1.29, 1.82) is 0 Å². The van der Waals surface area contributed by atoms with Crippen LogP contribution in [0.25, 0.3) is 0 Å². The molecule has 0 amide bonds. The summed E-state index contributed by atoms with van der Waals surface area (Å²) < 4.78 is 52.1. The lowest BCUT2D eigenvalue weighted by atomic mass is 9.95. The van der Waals surface area contributed by atoms with E-state index in [1.54, 1.807) is 13.8 Å². The first-order valence-electron chi connectivity index (χ1n) is 43.3. The molecule has 2 aliphatic heterocycles. The summed E-state index contributed by atoms with van der Waals surface area (Å²) in [5.41, 5.74) is 0. The van der Waals surface area contributed by atoms with Gasteiger partial charge in [-0.25, -0.2) is 0 Å². The monoisotopic (exact) mass is 1680 g/mol. The zero-order valence-electron chi connectivity index (χ0n) is 75.9. The van der Waals surface area contributed by atoms with Crippen LogP contribution in [0.3, 0.4) is 0 Å². The van der Waals surface area contributed by atoms with Crippen molar-refractivity contribution in [3.63, 3.8) is 0 Å². The number of methoxy groups -OCH3 is 2. The number of allylic oxidation sites excluding steroid dienone is 4. The SMILES string of the molecule is C/C=C/CCC(=O)CC(C)=O.C/C=C/CC[C@H](CC(C)=O)O[Si](C)(C)C(C)(C)C.C=C1C[C@H](C(=O)CCCC[C@@H](C)CC(=O)OC)OC2(CCCC2)O1.CC(=O)C[C@@H](CCC=O)O[Si](C)(C)C(C)(C)C.CC[C@@H]1C[C@H]([C@@H](CCCC[C@@H](C)CC(=O)OC)OC(C)=O)OC2(CCCC2)O1.c1ccc(P(c2ccccc2)c2ccccc2)cc1. The molecule has 2 saturated heterocycles. The van der Waals surface area contributed by atoms with Crippen molar-refractivity contribution in [2.75, 3.05) is 14.2 Å². The fraction of sp³-hybridized carbons (Fsp3) is 0.656. The predicted octanol–water partition coefficient (Wildman–Crippen LogP) is 21.8. The molecule has 7 rings (SSSR count). The number of aldehydes is 1. The molecule has 8 atom stereocenters. The van der Waals surface area contributed by atoms with E-state index >= 15 is 0 Å². The van der Waals surface area contributed by atoms with E-state index in [9.17, 15) is 43.2 Å². The third-order valence-corrected chi connectivity index (χ3v) is 33.8. The lowest BCUT2D eigenvalue weighted by Gasteiger charge is -2.44. The third-order valence-electron chi connectivity index (χ3n) is 22.3. The zero-order valence-corrected chi connectivity index (χ0v) is 78.8. The van der Waals surface area contributed by atoms with E-state index < -0.39 is 42.2 Å². The number of hydrogen-bond acceptors (Lipinski definition) is 18. The van der Waals surface area contributed by atoms with Crippen LogP contribution in [0.5, 0.6) is 0 Å². The zero-order chi connectivity index (χ0) is 87.8. The van der Waals surface area contributed by atoms with Crippen molar-refractivity contribution in [2.24, 2.45) is 11.8 Å². The Morgan fingerprint density at radius 1 is 0.556 bits per heavy atom. The van der Waals surface area contributed by atoms with Crippen molar-refractivity contribution in [3.05, 3.63) is 128 Å². The van der Waals surface area contributed by atoms with Gasteiger partial charge in [0, 0.05) is 90.4 Å². The second kappa shape index (κ2) is 56.4. The van der Waals surface area contributed by atoms with Crippen LogP contribution in [-0.2, 0) is 85.2 Å². The Morgan fingerprint density at radius 3 is 1.38 bits per heavy atom. The van der Waals surface area contributed by atoms with Crippen LogP contribution >= 0.6 is 7.92 Å². The number of ketones is 5. The molecule has 4 fully saturated rings. The van der Waals surface area contributed by atoms with E-state index in [1.807, 2.05) is 32.9 Å². The Balaban J connectivity index is 0.000000486. The molecule has 0 aromatic heterocycles. The van der Waals surface area contributed by atoms with Gasteiger partial charge in [0.25, 0.3) is 0 Å². The number of carbonyl (C=O) groups is 9. The van der Waals surface area contributed by atoms with Crippen LogP contribution in [0.4, 0.5) is 0 Å². The topological polar surface area (TPSA) is 237 Å². The molecule has 0 N–H and O–H groups in total. The molecule has 2 spiro atoms. The summed E-state index contributed by atoms with van der Waals surface area (Å²) in [5.74, 6) is 0.0837. The fourth-order valence-electron chi connectivity index (χ4n) is 13.9. The number of ether oxygens (including phenoxy) is 7. The molecule has 658 valence electrons. The van der Waals surface area contributed by atoms with Gasteiger partial charge in [-0.15, -0.1) is 0 Å². The van der Waals surface area contributed by atoms with Gasteiger partial charge in [-0.05, 0) is 184 Å². The third kappa shape index (κ3) is 44.2. The molecule has 4 aliphatic rings. The normalized spacial score (nSPS) is 18.2. The summed E-state index contributed by atoms with van der Waals surface area (Å²) in [6, 6.07) is 32.3. The van der Waals surface area contributed by atoms with Gasteiger partial charge in [0.15, 0.2) is 28.2 Å². The highest BCUT2D eigenvalue weighted by molar-refractivity contribution is 7.79. The summed E-state index contributed by atoms with van der Waals surface area (Å²) in [5, 5.41) is 4.52. The number of rotatable bonds is 40.